The van der Waals surface area contributed by atoms with Crippen LogP contribution in [0.2, 0.25) is 0 Å². The molecule has 2 nitrogen and oxygen atoms in total. The number of nitrogens with two attached hydrogens (primary N) is 1. The first-order valence-electron chi connectivity index (χ1n) is 5.88. The van der Waals surface area contributed by atoms with Crippen LogP contribution in [0, 0.1) is 0 Å². The van der Waals surface area contributed by atoms with E-state index >= 15 is 0 Å². The van der Waals surface area contributed by atoms with Gasteiger partial charge in [0, 0.05) is 16.1 Å². The molecule has 0 saturated heterocycles. The fraction of sp³-hybridized carbons (Fsp3) is 0.200. The SMILES string of the molecule is C[C@H](N)c1ccccc1OCc1cccc(Br)c1. The number of rotatable bonds is 4. The van der Waals surface area contributed by atoms with Gasteiger partial charge in [0.15, 0.2) is 0 Å². The molecule has 0 spiro atoms. The van der Waals surface area contributed by atoms with Gasteiger partial charge in [0.05, 0.1) is 0 Å². The zero-order valence-electron chi connectivity index (χ0n) is 10.3. The van der Waals surface area contributed by atoms with E-state index in [0.29, 0.717) is 6.61 Å². The third-order valence-corrected chi connectivity index (χ3v) is 3.19. The molecule has 0 heterocycles. The van der Waals surface area contributed by atoms with Crippen molar-refractivity contribution >= 4 is 15.9 Å². The van der Waals surface area contributed by atoms with Crippen LogP contribution in [-0.2, 0) is 6.61 Å². The largest absolute Gasteiger partial charge is 0.489 e. The molecular formula is C15H16BrNO. The molecule has 1 atom stereocenters. The van der Waals surface area contributed by atoms with E-state index in [1.807, 2.05) is 49.4 Å². The third-order valence-electron chi connectivity index (χ3n) is 2.69. The smallest absolute Gasteiger partial charge is 0.124 e. The Hall–Kier alpha value is -1.32. The quantitative estimate of drug-likeness (QED) is 0.925. The van der Waals surface area contributed by atoms with E-state index in [1.54, 1.807) is 0 Å². The second-order valence-corrected chi connectivity index (χ2v) is 5.16. The molecule has 3 heteroatoms. The average molecular weight is 306 g/mol. The van der Waals surface area contributed by atoms with Crippen molar-refractivity contribution in [2.45, 2.75) is 19.6 Å². The highest BCUT2D eigenvalue weighted by Crippen LogP contribution is 2.24. The maximum atomic E-state index is 5.92. The molecule has 0 aliphatic heterocycles. The molecule has 0 aliphatic carbocycles. The summed E-state index contributed by atoms with van der Waals surface area (Å²) in [6.45, 7) is 2.50. The van der Waals surface area contributed by atoms with Crippen LogP contribution < -0.4 is 10.5 Å². The Balaban J connectivity index is 2.11. The summed E-state index contributed by atoms with van der Waals surface area (Å²) in [5, 5.41) is 0. The summed E-state index contributed by atoms with van der Waals surface area (Å²) in [4.78, 5) is 0. The van der Waals surface area contributed by atoms with Gasteiger partial charge >= 0.3 is 0 Å². The topological polar surface area (TPSA) is 35.2 Å². The van der Waals surface area contributed by atoms with Crippen LogP contribution in [-0.4, -0.2) is 0 Å². The van der Waals surface area contributed by atoms with Crippen LogP contribution >= 0.6 is 15.9 Å². The van der Waals surface area contributed by atoms with Gasteiger partial charge in [-0.05, 0) is 30.7 Å². The predicted octanol–water partition coefficient (Wildman–Crippen LogP) is 4.05. The molecule has 0 unspecified atom stereocenters. The van der Waals surface area contributed by atoms with Gasteiger partial charge in [0.2, 0.25) is 0 Å². The Morgan fingerprint density at radius 1 is 1.17 bits per heavy atom. The van der Waals surface area contributed by atoms with E-state index in [1.165, 1.54) is 0 Å². The lowest BCUT2D eigenvalue weighted by molar-refractivity contribution is 0.301. The van der Waals surface area contributed by atoms with Crippen LogP contribution in [0.5, 0.6) is 5.75 Å². The number of para-hydroxylation sites is 1. The average Bonchev–Trinajstić information content (AvgIpc) is 2.37. The number of benzene rings is 2. The highest BCUT2D eigenvalue weighted by atomic mass is 79.9. The Kier molecular flexibility index (Phi) is 4.39. The highest BCUT2D eigenvalue weighted by Gasteiger charge is 2.07. The minimum absolute atomic E-state index is 0.0243. The summed E-state index contributed by atoms with van der Waals surface area (Å²) in [6, 6.07) is 16.0. The lowest BCUT2D eigenvalue weighted by Gasteiger charge is -2.13. The second kappa shape index (κ2) is 6.03. The molecule has 0 radical (unpaired) electrons. The Morgan fingerprint density at radius 3 is 2.67 bits per heavy atom. The summed E-state index contributed by atoms with van der Waals surface area (Å²) in [5.41, 5.74) is 8.08. The number of hydrogen-bond donors (Lipinski definition) is 1. The van der Waals surface area contributed by atoms with Gasteiger partial charge in [0.25, 0.3) is 0 Å². The molecule has 2 aromatic rings. The van der Waals surface area contributed by atoms with Gasteiger partial charge in [-0.25, -0.2) is 0 Å². The summed E-state index contributed by atoms with van der Waals surface area (Å²) >= 11 is 3.45. The molecule has 0 aromatic heterocycles. The van der Waals surface area contributed by atoms with E-state index < -0.39 is 0 Å². The lowest BCUT2D eigenvalue weighted by atomic mass is 10.1. The van der Waals surface area contributed by atoms with Gasteiger partial charge in [-0.1, -0.05) is 46.3 Å². The summed E-state index contributed by atoms with van der Waals surface area (Å²) in [7, 11) is 0. The Bertz CT molecular complexity index is 525. The zero-order chi connectivity index (χ0) is 13.0. The molecule has 2 aromatic carbocycles. The molecule has 0 bridgehead atoms. The normalized spacial score (nSPS) is 12.2. The summed E-state index contributed by atoms with van der Waals surface area (Å²) in [5.74, 6) is 0.854. The van der Waals surface area contributed by atoms with Gasteiger partial charge in [-0.2, -0.15) is 0 Å². The molecule has 18 heavy (non-hydrogen) atoms. The van der Waals surface area contributed by atoms with Gasteiger partial charge in [-0.15, -0.1) is 0 Å². The molecule has 0 fully saturated rings. The predicted molar refractivity (Wildman–Crippen MR) is 77.5 cm³/mol. The molecule has 94 valence electrons. The van der Waals surface area contributed by atoms with Crippen LogP contribution in [0.1, 0.15) is 24.1 Å². The maximum Gasteiger partial charge on any atom is 0.124 e. The van der Waals surface area contributed by atoms with Gasteiger partial charge in [0.1, 0.15) is 12.4 Å². The fourth-order valence-electron chi connectivity index (χ4n) is 1.78. The minimum atomic E-state index is -0.0243. The maximum absolute atomic E-state index is 5.92. The van der Waals surface area contributed by atoms with Crippen LogP contribution in [0.25, 0.3) is 0 Å². The first-order chi connectivity index (χ1) is 8.66. The number of halogens is 1. The van der Waals surface area contributed by atoms with Crippen molar-refractivity contribution in [3.8, 4) is 5.75 Å². The van der Waals surface area contributed by atoms with Crippen molar-refractivity contribution in [2.75, 3.05) is 0 Å². The van der Waals surface area contributed by atoms with Crippen LogP contribution in [0.4, 0.5) is 0 Å². The number of ether oxygens (including phenoxy) is 1. The standard InChI is InChI=1S/C15H16BrNO/c1-11(17)14-7-2-3-8-15(14)18-10-12-5-4-6-13(16)9-12/h2-9,11H,10,17H2,1H3/t11-/m0/s1. The molecule has 0 saturated carbocycles. The second-order valence-electron chi connectivity index (χ2n) is 4.25. The van der Waals surface area contributed by atoms with E-state index in [4.69, 9.17) is 10.5 Å². The zero-order valence-corrected chi connectivity index (χ0v) is 11.9. The monoisotopic (exact) mass is 305 g/mol. The Morgan fingerprint density at radius 2 is 1.94 bits per heavy atom. The van der Waals surface area contributed by atoms with Crippen molar-refractivity contribution in [2.24, 2.45) is 5.73 Å². The Labute approximate surface area is 116 Å². The summed E-state index contributed by atoms with van der Waals surface area (Å²) in [6.07, 6.45) is 0. The van der Waals surface area contributed by atoms with Crippen molar-refractivity contribution in [1.82, 2.24) is 0 Å². The van der Waals surface area contributed by atoms with Crippen molar-refractivity contribution in [3.05, 3.63) is 64.1 Å². The van der Waals surface area contributed by atoms with E-state index in [2.05, 4.69) is 22.0 Å². The first kappa shape index (κ1) is 13.1. The molecule has 2 N–H and O–H groups in total. The van der Waals surface area contributed by atoms with E-state index in [-0.39, 0.29) is 6.04 Å². The third kappa shape index (κ3) is 3.34. The van der Waals surface area contributed by atoms with Crippen LogP contribution in [0.3, 0.4) is 0 Å². The van der Waals surface area contributed by atoms with Gasteiger partial charge in [-0.3, -0.25) is 0 Å². The van der Waals surface area contributed by atoms with Crippen molar-refractivity contribution in [3.63, 3.8) is 0 Å². The first-order valence-corrected chi connectivity index (χ1v) is 6.68. The highest BCUT2D eigenvalue weighted by molar-refractivity contribution is 9.10. The minimum Gasteiger partial charge on any atom is -0.489 e. The van der Waals surface area contributed by atoms with Crippen LogP contribution in [0.15, 0.2) is 53.0 Å². The fourth-order valence-corrected chi connectivity index (χ4v) is 2.22. The molecule has 0 amide bonds. The number of hydrogen-bond acceptors (Lipinski definition) is 2. The van der Waals surface area contributed by atoms with Crippen molar-refractivity contribution in [1.29, 1.82) is 0 Å². The van der Waals surface area contributed by atoms with Gasteiger partial charge < -0.3 is 10.5 Å². The van der Waals surface area contributed by atoms with Crippen molar-refractivity contribution < 1.29 is 4.74 Å². The lowest BCUT2D eigenvalue weighted by Crippen LogP contribution is -2.07. The molecule has 2 rings (SSSR count). The van der Waals surface area contributed by atoms with E-state index in [0.717, 1.165) is 21.3 Å². The molecular weight excluding hydrogens is 290 g/mol. The summed E-state index contributed by atoms with van der Waals surface area (Å²) < 4.78 is 6.90. The molecule has 0 aliphatic rings. The van der Waals surface area contributed by atoms with E-state index in [9.17, 15) is 0 Å².